The van der Waals surface area contributed by atoms with Crippen LogP contribution < -0.4 is 10.6 Å². The van der Waals surface area contributed by atoms with E-state index in [1.54, 1.807) is 7.05 Å². The number of carbonyl (C=O) groups excluding carboxylic acids is 3. The molecule has 0 saturated heterocycles. The second-order valence-corrected chi connectivity index (χ2v) is 7.21. The predicted octanol–water partition coefficient (Wildman–Crippen LogP) is 2.40. The van der Waals surface area contributed by atoms with Gasteiger partial charge in [0.25, 0.3) is 0 Å². The summed E-state index contributed by atoms with van der Waals surface area (Å²) in [6.45, 7) is 5.31. The van der Waals surface area contributed by atoms with E-state index in [9.17, 15) is 14.4 Å². The van der Waals surface area contributed by atoms with Crippen LogP contribution in [0.5, 0.6) is 0 Å². The number of benzene rings is 1. The van der Waals surface area contributed by atoms with Crippen LogP contribution in [0.1, 0.15) is 43.7 Å². The topological polar surface area (TPSA) is 78.5 Å². The molecule has 0 aliphatic heterocycles. The van der Waals surface area contributed by atoms with E-state index in [0.717, 1.165) is 42.5 Å². The number of hydrogen-bond acceptors (Lipinski definition) is 3. The van der Waals surface area contributed by atoms with Gasteiger partial charge in [-0.1, -0.05) is 25.0 Å². The van der Waals surface area contributed by atoms with Crippen molar-refractivity contribution in [3.05, 3.63) is 29.3 Å². The summed E-state index contributed by atoms with van der Waals surface area (Å²) in [7, 11) is 1.61. The molecule has 142 valence electrons. The Balaban J connectivity index is 2.00. The van der Waals surface area contributed by atoms with Gasteiger partial charge in [0.05, 0.1) is 6.54 Å². The normalized spacial score (nSPS) is 15.4. The highest BCUT2D eigenvalue weighted by Crippen LogP contribution is 2.28. The van der Waals surface area contributed by atoms with Crippen molar-refractivity contribution in [2.24, 2.45) is 5.92 Å². The van der Waals surface area contributed by atoms with Crippen LogP contribution in [-0.2, 0) is 14.4 Å². The summed E-state index contributed by atoms with van der Waals surface area (Å²) in [4.78, 5) is 38.1. The number of nitrogens with one attached hydrogen (secondary N) is 2. The Labute approximate surface area is 155 Å². The number of aryl methyl sites for hydroxylation is 1. The van der Waals surface area contributed by atoms with Gasteiger partial charge in [-0.2, -0.15) is 0 Å². The van der Waals surface area contributed by atoms with Gasteiger partial charge in [0, 0.05) is 19.7 Å². The highest BCUT2D eigenvalue weighted by atomic mass is 16.2. The molecule has 1 saturated carbocycles. The fraction of sp³-hybridized carbons (Fsp3) is 0.550. The van der Waals surface area contributed by atoms with E-state index in [4.69, 9.17) is 0 Å². The average molecular weight is 359 g/mol. The maximum Gasteiger partial charge on any atom is 0.245 e. The Hall–Kier alpha value is -2.37. The summed E-state index contributed by atoms with van der Waals surface area (Å²) >= 11 is 0. The minimum Gasteiger partial charge on any atom is -0.344 e. The number of amides is 3. The fourth-order valence-electron chi connectivity index (χ4n) is 3.50. The fourth-order valence-corrected chi connectivity index (χ4v) is 3.50. The molecule has 1 aliphatic carbocycles. The Morgan fingerprint density at radius 2 is 1.85 bits per heavy atom. The number of likely N-dealkylation sites (N-methyl/N-ethyl adjacent to an activating group) is 1. The molecule has 0 spiro atoms. The van der Waals surface area contributed by atoms with Crippen molar-refractivity contribution in [3.8, 4) is 0 Å². The summed E-state index contributed by atoms with van der Waals surface area (Å²) in [6.07, 6.45) is 4.01. The second-order valence-electron chi connectivity index (χ2n) is 7.21. The van der Waals surface area contributed by atoms with Crippen molar-refractivity contribution >= 4 is 23.4 Å². The van der Waals surface area contributed by atoms with Crippen molar-refractivity contribution in [3.63, 3.8) is 0 Å². The molecule has 0 aromatic heterocycles. The number of nitrogens with zero attached hydrogens (tertiary/aromatic N) is 1. The van der Waals surface area contributed by atoms with E-state index in [1.165, 1.54) is 11.8 Å². The molecule has 0 bridgehead atoms. The lowest BCUT2D eigenvalue weighted by Crippen LogP contribution is -2.51. The highest BCUT2D eigenvalue weighted by molar-refractivity contribution is 5.96. The summed E-state index contributed by atoms with van der Waals surface area (Å²) in [5.74, 6) is -0.523. The van der Waals surface area contributed by atoms with Gasteiger partial charge in [0.1, 0.15) is 6.04 Å². The first-order valence-corrected chi connectivity index (χ1v) is 9.17. The third kappa shape index (κ3) is 5.07. The maximum absolute atomic E-state index is 12.8. The lowest BCUT2D eigenvalue weighted by Gasteiger charge is -2.28. The Morgan fingerprint density at radius 1 is 1.19 bits per heavy atom. The van der Waals surface area contributed by atoms with Gasteiger partial charge >= 0.3 is 0 Å². The number of carbonyl (C=O) groups is 3. The Kier molecular flexibility index (Phi) is 6.77. The van der Waals surface area contributed by atoms with Crippen LogP contribution in [-0.4, -0.2) is 42.3 Å². The molecule has 1 fully saturated rings. The Morgan fingerprint density at radius 3 is 2.46 bits per heavy atom. The van der Waals surface area contributed by atoms with Crippen molar-refractivity contribution in [2.75, 3.05) is 18.9 Å². The second kappa shape index (κ2) is 8.83. The van der Waals surface area contributed by atoms with Gasteiger partial charge in [0.15, 0.2) is 0 Å². The quantitative estimate of drug-likeness (QED) is 0.819. The van der Waals surface area contributed by atoms with E-state index in [-0.39, 0.29) is 30.2 Å². The standard InChI is InChI=1S/C20H29N3O3/c1-13-8-7-11-17(14(13)2)22-18(25)12-23(4)20(26)19(21-15(3)24)16-9-5-6-10-16/h7-8,11,16,19H,5-6,9-10,12H2,1-4H3,(H,21,24)(H,22,25). The van der Waals surface area contributed by atoms with Crippen molar-refractivity contribution in [1.82, 2.24) is 10.2 Å². The van der Waals surface area contributed by atoms with Gasteiger partial charge in [-0.3, -0.25) is 14.4 Å². The molecule has 6 nitrogen and oxygen atoms in total. The molecule has 26 heavy (non-hydrogen) atoms. The molecule has 1 aromatic carbocycles. The molecule has 0 heterocycles. The van der Waals surface area contributed by atoms with Crippen LogP contribution in [0.4, 0.5) is 5.69 Å². The zero-order chi connectivity index (χ0) is 19.3. The van der Waals surface area contributed by atoms with E-state index in [0.29, 0.717) is 0 Å². The van der Waals surface area contributed by atoms with Crippen LogP contribution in [0.2, 0.25) is 0 Å². The number of rotatable bonds is 6. The van der Waals surface area contributed by atoms with Crippen molar-refractivity contribution in [1.29, 1.82) is 0 Å². The van der Waals surface area contributed by atoms with Crippen LogP contribution >= 0.6 is 0 Å². The number of hydrogen-bond donors (Lipinski definition) is 2. The molecule has 1 aliphatic rings. The van der Waals surface area contributed by atoms with Gasteiger partial charge in [-0.15, -0.1) is 0 Å². The highest BCUT2D eigenvalue weighted by Gasteiger charge is 2.33. The first-order chi connectivity index (χ1) is 12.3. The van der Waals surface area contributed by atoms with Crippen LogP contribution in [0.3, 0.4) is 0 Å². The molecular formula is C20H29N3O3. The smallest absolute Gasteiger partial charge is 0.245 e. The van der Waals surface area contributed by atoms with E-state index in [1.807, 2.05) is 32.0 Å². The molecule has 0 radical (unpaired) electrons. The largest absolute Gasteiger partial charge is 0.344 e. The summed E-state index contributed by atoms with van der Waals surface area (Å²) in [5, 5.41) is 5.65. The minimum absolute atomic E-state index is 0.0466. The summed E-state index contributed by atoms with van der Waals surface area (Å²) in [6, 6.07) is 5.18. The van der Waals surface area contributed by atoms with Crippen LogP contribution in [0.25, 0.3) is 0 Å². The maximum atomic E-state index is 12.8. The van der Waals surface area contributed by atoms with Crippen LogP contribution in [0, 0.1) is 19.8 Å². The van der Waals surface area contributed by atoms with Gasteiger partial charge < -0.3 is 15.5 Å². The zero-order valence-corrected chi connectivity index (χ0v) is 16.1. The molecule has 6 heteroatoms. The van der Waals surface area contributed by atoms with E-state index >= 15 is 0 Å². The molecular weight excluding hydrogens is 330 g/mol. The molecule has 1 unspecified atom stereocenters. The lowest BCUT2D eigenvalue weighted by molar-refractivity contribution is -0.138. The summed E-state index contributed by atoms with van der Waals surface area (Å²) < 4.78 is 0. The third-order valence-electron chi connectivity index (χ3n) is 5.13. The van der Waals surface area contributed by atoms with Crippen molar-refractivity contribution in [2.45, 2.75) is 52.5 Å². The SMILES string of the molecule is CC(=O)NC(C(=O)N(C)CC(=O)Nc1cccc(C)c1C)C1CCCC1. The predicted molar refractivity (Wildman–Crippen MR) is 102 cm³/mol. The first kappa shape index (κ1) is 19.9. The molecule has 2 rings (SSSR count). The average Bonchev–Trinajstić information content (AvgIpc) is 3.10. The molecule has 3 amide bonds. The van der Waals surface area contributed by atoms with Crippen LogP contribution in [0.15, 0.2) is 18.2 Å². The first-order valence-electron chi connectivity index (χ1n) is 9.17. The van der Waals surface area contributed by atoms with E-state index in [2.05, 4.69) is 10.6 Å². The van der Waals surface area contributed by atoms with E-state index < -0.39 is 6.04 Å². The number of anilines is 1. The lowest BCUT2D eigenvalue weighted by atomic mass is 9.96. The van der Waals surface area contributed by atoms with Gasteiger partial charge in [-0.25, -0.2) is 0 Å². The summed E-state index contributed by atoms with van der Waals surface area (Å²) in [5.41, 5.74) is 2.86. The zero-order valence-electron chi connectivity index (χ0n) is 16.1. The van der Waals surface area contributed by atoms with Gasteiger partial charge in [0.2, 0.25) is 17.7 Å². The molecule has 2 N–H and O–H groups in total. The molecule has 1 aromatic rings. The monoisotopic (exact) mass is 359 g/mol. The third-order valence-corrected chi connectivity index (χ3v) is 5.13. The minimum atomic E-state index is -0.548. The van der Waals surface area contributed by atoms with Crippen molar-refractivity contribution < 1.29 is 14.4 Å². The van der Waals surface area contributed by atoms with Gasteiger partial charge in [-0.05, 0) is 49.8 Å². The molecule has 1 atom stereocenters. The Bertz CT molecular complexity index is 681.